The van der Waals surface area contributed by atoms with Crippen molar-refractivity contribution in [2.45, 2.75) is 19.8 Å². The fraction of sp³-hybridized carbons (Fsp3) is 0.235. The molecule has 114 valence electrons. The molecule has 0 spiro atoms. The van der Waals surface area contributed by atoms with Gasteiger partial charge in [0.15, 0.2) is 0 Å². The summed E-state index contributed by atoms with van der Waals surface area (Å²) in [5, 5.41) is 2.31. The first kappa shape index (κ1) is 15.2. The molecular formula is C17H16Cl2N2O. The molecule has 1 aromatic carbocycles. The second-order valence-corrected chi connectivity index (χ2v) is 5.90. The van der Waals surface area contributed by atoms with Crippen LogP contribution in [0.1, 0.15) is 24.5 Å². The Balaban J connectivity index is 2.04. The van der Waals surface area contributed by atoms with Gasteiger partial charge in [0.05, 0.1) is 15.6 Å². The van der Waals surface area contributed by atoms with E-state index in [1.54, 1.807) is 12.4 Å². The molecule has 0 saturated carbocycles. The van der Waals surface area contributed by atoms with Crippen LogP contribution in [0.25, 0.3) is 10.9 Å². The third-order valence-electron chi connectivity index (χ3n) is 3.51. The van der Waals surface area contributed by atoms with Crippen molar-refractivity contribution in [3.05, 3.63) is 64.0 Å². The number of benzene rings is 1. The molecule has 2 heterocycles. The van der Waals surface area contributed by atoms with Crippen molar-refractivity contribution in [3.63, 3.8) is 0 Å². The zero-order valence-corrected chi connectivity index (χ0v) is 13.7. The maximum atomic E-state index is 6.24. The number of fused-ring (bicyclic) bond motifs is 1. The van der Waals surface area contributed by atoms with Crippen molar-refractivity contribution in [3.8, 4) is 0 Å². The molecule has 0 atom stereocenters. The Labute approximate surface area is 139 Å². The second kappa shape index (κ2) is 6.59. The van der Waals surface area contributed by atoms with Crippen molar-refractivity contribution >= 4 is 34.1 Å². The molecular weight excluding hydrogens is 319 g/mol. The first-order valence-electron chi connectivity index (χ1n) is 7.21. The molecule has 0 radical (unpaired) electrons. The maximum Gasteiger partial charge on any atom is 0.114 e. The van der Waals surface area contributed by atoms with E-state index >= 15 is 0 Å². The average molecular weight is 335 g/mol. The monoisotopic (exact) mass is 334 g/mol. The highest BCUT2D eigenvalue weighted by atomic mass is 35.5. The van der Waals surface area contributed by atoms with E-state index in [9.17, 15) is 0 Å². The molecule has 3 rings (SSSR count). The second-order valence-electron chi connectivity index (χ2n) is 5.09. The summed E-state index contributed by atoms with van der Waals surface area (Å²) in [4.78, 5) is 9.79. The molecule has 0 amide bonds. The van der Waals surface area contributed by atoms with Crippen LogP contribution in [0.4, 0.5) is 0 Å². The topological polar surface area (TPSA) is 27.1 Å². The minimum absolute atomic E-state index is 0.582. The standard InChI is InChI=1S/C17H16Cl2N2O/c1-2-7-22-21-11-12(13-5-3-4-6-17(13)21)8-14-15(18)9-20-10-16(14)19/h3-6,9-11H,2,7-8H2,1H3. The first-order valence-corrected chi connectivity index (χ1v) is 7.96. The van der Waals surface area contributed by atoms with Crippen molar-refractivity contribution < 1.29 is 4.84 Å². The molecule has 0 aliphatic rings. The molecule has 22 heavy (non-hydrogen) atoms. The number of pyridine rings is 1. The van der Waals surface area contributed by atoms with Crippen LogP contribution in [0, 0.1) is 0 Å². The molecule has 3 aromatic rings. The molecule has 0 saturated heterocycles. The van der Waals surface area contributed by atoms with Gasteiger partial charge in [-0.3, -0.25) is 4.98 Å². The van der Waals surface area contributed by atoms with Gasteiger partial charge < -0.3 is 4.84 Å². The van der Waals surface area contributed by atoms with E-state index in [0.29, 0.717) is 23.1 Å². The Morgan fingerprint density at radius 2 is 1.86 bits per heavy atom. The molecule has 0 aliphatic carbocycles. The van der Waals surface area contributed by atoms with E-state index in [1.807, 2.05) is 29.1 Å². The van der Waals surface area contributed by atoms with E-state index in [2.05, 4.69) is 18.0 Å². The Morgan fingerprint density at radius 1 is 1.14 bits per heavy atom. The van der Waals surface area contributed by atoms with Gasteiger partial charge in [-0.1, -0.05) is 48.3 Å². The van der Waals surface area contributed by atoms with Crippen molar-refractivity contribution in [2.75, 3.05) is 6.61 Å². The van der Waals surface area contributed by atoms with Gasteiger partial charge >= 0.3 is 0 Å². The number of hydrogen-bond acceptors (Lipinski definition) is 2. The summed E-state index contributed by atoms with van der Waals surface area (Å²) in [6.45, 7) is 2.76. The third kappa shape index (κ3) is 2.92. The summed E-state index contributed by atoms with van der Waals surface area (Å²) in [5.74, 6) is 0. The van der Waals surface area contributed by atoms with Gasteiger partial charge in [-0.2, -0.15) is 4.73 Å². The highest BCUT2D eigenvalue weighted by molar-refractivity contribution is 6.35. The van der Waals surface area contributed by atoms with Crippen LogP contribution >= 0.6 is 23.2 Å². The number of rotatable bonds is 5. The van der Waals surface area contributed by atoms with Crippen LogP contribution in [-0.2, 0) is 6.42 Å². The van der Waals surface area contributed by atoms with Gasteiger partial charge in [-0.15, -0.1) is 0 Å². The summed E-state index contributed by atoms with van der Waals surface area (Å²) in [7, 11) is 0. The molecule has 0 bridgehead atoms. The minimum atomic E-state index is 0.582. The number of aromatic nitrogens is 2. The number of para-hydroxylation sites is 1. The summed E-state index contributed by atoms with van der Waals surface area (Å²) in [5.41, 5.74) is 3.06. The van der Waals surface area contributed by atoms with Gasteiger partial charge in [0.2, 0.25) is 0 Å². The van der Waals surface area contributed by atoms with E-state index in [1.165, 1.54) is 0 Å². The molecule has 0 fully saturated rings. The normalized spacial score (nSPS) is 11.0. The fourth-order valence-corrected chi connectivity index (χ4v) is 2.95. The van der Waals surface area contributed by atoms with Crippen molar-refractivity contribution in [1.82, 2.24) is 9.71 Å². The number of hydrogen-bond donors (Lipinski definition) is 0. The quantitative estimate of drug-likeness (QED) is 0.671. The van der Waals surface area contributed by atoms with Crippen LogP contribution in [0.3, 0.4) is 0 Å². The minimum Gasteiger partial charge on any atom is -0.414 e. The van der Waals surface area contributed by atoms with Crippen LogP contribution in [0.2, 0.25) is 10.0 Å². The van der Waals surface area contributed by atoms with Crippen LogP contribution in [0.15, 0.2) is 42.9 Å². The predicted molar refractivity (Wildman–Crippen MR) is 90.7 cm³/mol. The van der Waals surface area contributed by atoms with Gasteiger partial charge in [-0.25, -0.2) is 0 Å². The van der Waals surface area contributed by atoms with Crippen molar-refractivity contribution in [1.29, 1.82) is 0 Å². The molecule has 0 N–H and O–H groups in total. The summed E-state index contributed by atoms with van der Waals surface area (Å²) < 4.78 is 1.83. The summed E-state index contributed by atoms with van der Waals surface area (Å²) >= 11 is 12.5. The molecule has 5 heteroatoms. The summed E-state index contributed by atoms with van der Waals surface area (Å²) in [6.07, 6.45) is 6.85. The molecule has 2 aromatic heterocycles. The molecule has 3 nitrogen and oxygen atoms in total. The summed E-state index contributed by atoms with van der Waals surface area (Å²) in [6, 6.07) is 8.15. The first-order chi connectivity index (χ1) is 10.7. The third-order valence-corrected chi connectivity index (χ3v) is 4.17. The van der Waals surface area contributed by atoms with E-state index < -0.39 is 0 Å². The fourth-order valence-electron chi connectivity index (χ4n) is 2.45. The van der Waals surface area contributed by atoms with Gasteiger partial charge in [-0.05, 0) is 23.6 Å². The van der Waals surface area contributed by atoms with E-state index in [-0.39, 0.29) is 0 Å². The van der Waals surface area contributed by atoms with E-state index in [4.69, 9.17) is 28.0 Å². The SMILES string of the molecule is CCCOn1cc(Cc2c(Cl)cncc2Cl)c2ccccc21. The van der Waals surface area contributed by atoms with Gasteiger partial charge in [0, 0.05) is 30.4 Å². The highest BCUT2D eigenvalue weighted by Gasteiger charge is 2.13. The average Bonchev–Trinajstić information content (AvgIpc) is 2.87. The van der Waals surface area contributed by atoms with Crippen LogP contribution in [0.5, 0.6) is 0 Å². The van der Waals surface area contributed by atoms with Crippen LogP contribution < -0.4 is 4.84 Å². The lowest BCUT2D eigenvalue weighted by atomic mass is 10.1. The van der Waals surface area contributed by atoms with Crippen LogP contribution in [-0.4, -0.2) is 16.3 Å². The van der Waals surface area contributed by atoms with Gasteiger partial charge in [0.25, 0.3) is 0 Å². The largest absolute Gasteiger partial charge is 0.414 e. The Hall–Kier alpha value is -1.71. The molecule has 0 aliphatic heterocycles. The number of halogens is 2. The number of nitrogens with zero attached hydrogens (tertiary/aromatic N) is 2. The maximum absolute atomic E-state index is 6.24. The zero-order chi connectivity index (χ0) is 15.5. The smallest absolute Gasteiger partial charge is 0.114 e. The highest BCUT2D eigenvalue weighted by Crippen LogP contribution is 2.29. The van der Waals surface area contributed by atoms with Crippen molar-refractivity contribution in [2.24, 2.45) is 0 Å². The lowest BCUT2D eigenvalue weighted by Crippen LogP contribution is -2.10. The Bertz CT molecular complexity index is 778. The Kier molecular flexibility index (Phi) is 4.55. The predicted octanol–water partition coefficient (Wildman–Crippen LogP) is 4.77. The van der Waals surface area contributed by atoms with E-state index in [0.717, 1.165) is 28.5 Å². The van der Waals surface area contributed by atoms with Gasteiger partial charge in [0.1, 0.15) is 6.61 Å². The lowest BCUT2D eigenvalue weighted by molar-refractivity contribution is 0.120. The lowest BCUT2D eigenvalue weighted by Gasteiger charge is -2.06. The Morgan fingerprint density at radius 3 is 2.59 bits per heavy atom. The zero-order valence-electron chi connectivity index (χ0n) is 12.2. The molecule has 0 unspecified atom stereocenters.